The summed E-state index contributed by atoms with van der Waals surface area (Å²) < 4.78 is 0. The molecule has 0 saturated carbocycles. The predicted molar refractivity (Wildman–Crippen MR) is 98.8 cm³/mol. The molecule has 1 aliphatic heterocycles. The number of nitrogens with one attached hydrogen (secondary N) is 3. The second-order valence-electron chi connectivity index (χ2n) is 7.09. The van der Waals surface area contributed by atoms with Crippen LogP contribution in [0.1, 0.15) is 33.1 Å². The van der Waals surface area contributed by atoms with Crippen molar-refractivity contribution in [3.63, 3.8) is 0 Å². The number of amides is 4. The van der Waals surface area contributed by atoms with E-state index in [-0.39, 0.29) is 19.0 Å². The summed E-state index contributed by atoms with van der Waals surface area (Å²) in [6.45, 7) is 3.07. The van der Waals surface area contributed by atoms with Gasteiger partial charge < -0.3 is 31.7 Å². The first-order chi connectivity index (χ1) is 13.1. The highest BCUT2D eigenvalue weighted by atomic mass is 16.4. The van der Waals surface area contributed by atoms with E-state index in [0.717, 1.165) is 0 Å². The molecule has 11 nitrogen and oxygen atoms in total. The summed E-state index contributed by atoms with van der Waals surface area (Å²) in [6.07, 6.45) is 1.56. The van der Waals surface area contributed by atoms with Gasteiger partial charge >= 0.3 is 5.97 Å². The van der Waals surface area contributed by atoms with E-state index >= 15 is 0 Å². The Morgan fingerprint density at radius 1 is 1.07 bits per heavy atom. The molecule has 0 aromatic carbocycles. The number of rotatable bonds is 10. The molecule has 0 bridgehead atoms. The molecule has 0 aromatic heterocycles. The molecular weight excluding hydrogens is 370 g/mol. The van der Waals surface area contributed by atoms with Gasteiger partial charge in [0.15, 0.2) is 0 Å². The lowest BCUT2D eigenvalue weighted by Gasteiger charge is -2.24. The smallest absolute Gasteiger partial charge is 0.322 e. The summed E-state index contributed by atoms with van der Waals surface area (Å²) in [5.41, 5.74) is 5.77. The molecule has 0 spiro atoms. The Hall–Kier alpha value is -2.69. The highest BCUT2D eigenvalue weighted by molar-refractivity contribution is 5.93. The van der Waals surface area contributed by atoms with Crippen molar-refractivity contribution >= 4 is 29.6 Å². The minimum atomic E-state index is -1.19. The van der Waals surface area contributed by atoms with Crippen LogP contribution in [0.5, 0.6) is 0 Å². The van der Waals surface area contributed by atoms with E-state index < -0.39 is 48.2 Å². The molecule has 0 aromatic rings. The number of nitrogens with two attached hydrogens (primary N) is 1. The minimum absolute atomic E-state index is 0.246. The Labute approximate surface area is 163 Å². The van der Waals surface area contributed by atoms with Gasteiger partial charge in [-0.05, 0) is 25.2 Å². The number of carboxylic acids is 1. The molecule has 1 saturated heterocycles. The van der Waals surface area contributed by atoms with E-state index in [4.69, 9.17) is 10.8 Å². The maximum Gasteiger partial charge on any atom is 0.322 e. The lowest BCUT2D eigenvalue weighted by atomic mass is 10.0. The van der Waals surface area contributed by atoms with Crippen LogP contribution in [0.25, 0.3) is 0 Å². The first-order valence-corrected chi connectivity index (χ1v) is 9.20. The average molecular weight is 399 g/mol. The highest BCUT2D eigenvalue weighted by Gasteiger charge is 2.34. The fourth-order valence-corrected chi connectivity index (χ4v) is 2.87. The Bertz CT molecular complexity index is 609. The lowest BCUT2D eigenvalue weighted by molar-refractivity contribution is -0.139. The zero-order valence-electron chi connectivity index (χ0n) is 16.2. The second-order valence-corrected chi connectivity index (χ2v) is 7.09. The van der Waals surface area contributed by atoms with Crippen molar-refractivity contribution in [3.05, 3.63) is 0 Å². The van der Waals surface area contributed by atoms with Crippen molar-refractivity contribution in [2.45, 2.75) is 45.2 Å². The van der Waals surface area contributed by atoms with Gasteiger partial charge in [-0.2, -0.15) is 0 Å². The molecule has 0 aliphatic carbocycles. The summed E-state index contributed by atoms with van der Waals surface area (Å²) >= 11 is 0. The molecule has 4 amide bonds. The van der Waals surface area contributed by atoms with Gasteiger partial charge in [-0.25, -0.2) is 0 Å². The van der Waals surface area contributed by atoms with E-state index in [2.05, 4.69) is 16.0 Å². The molecule has 0 radical (unpaired) electrons. The molecule has 1 rings (SSSR count). The second kappa shape index (κ2) is 11.2. The van der Waals surface area contributed by atoms with Crippen molar-refractivity contribution in [1.29, 1.82) is 0 Å². The first-order valence-electron chi connectivity index (χ1n) is 9.20. The van der Waals surface area contributed by atoms with Crippen molar-refractivity contribution in [2.75, 3.05) is 26.2 Å². The molecule has 1 fully saturated rings. The lowest BCUT2D eigenvalue weighted by Crippen LogP contribution is -2.51. The van der Waals surface area contributed by atoms with Gasteiger partial charge in [0.2, 0.25) is 23.6 Å². The zero-order valence-corrected chi connectivity index (χ0v) is 16.2. The molecule has 1 heterocycles. The van der Waals surface area contributed by atoms with Gasteiger partial charge in [0.05, 0.1) is 19.1 Å². The van der Waals surface area contributed by atoms with Crippen LogP contribution in [0.15, 0.2) is 0 Å². The van der Waals surface area contributed by atoms with Crippen LogP contribution >= 0.6 is 0 Å². The van der Waals surface area contributed by atoms with Crippen LogP contribution in [0.4, 0.5) is 0 Å². The molecule has 2 atom stereocenters. The van der Waals surface area contributed by atoms with Gasteiger partial charge in [0, 0.05) is 6.54 Å². The van der Waals surface area contributed by atoms with Crippen molar-refractivity contribution in [1.82, 2.24) is 20.9 Å². The number of carbonyl (C=O) groups is 5. The number of carboxylic acid groups (broad SMARTS) is 1. The SMILES string of the molecule is CC(C)C[C@H](N)C(=O)NCC(=O)N1CCC[C@H]1C(=O)NCC(=O)NCC(=O)O. The number of hydrogen-bond acceptors (Lipinski definition) is 6. The topological polar surface area (TPSA) is 171 Å². The summed E-state index contributed by atoms with van der Waals surface area (Å²) in [4.78, 5) is 59.8. The number of nitrogens with zero attached hydrogens (tertiary/aromatic N) is 1. The Morgan fingerprint density at radius 2 is 1.75 bits per heavy atom. The van der Waals surface area contributed by atoms with Crippen molar-refractivity contribution in [2.24, 2.45) is 11.7 Å². The zero-order chi connectivity index (χ0) is 21.3. The maximum absolute atomic E-state index is 12.4. The molecule has 28 heavy (non-hydrogen) atoms. The quantitative estimate of drug-likeness (QED) is 0.277. The average Bonchev–Trinajstić information content (AvgIpc) is 3.11. The van der Waals surface area contributed by atoms with E-state index in [0.29, 0.717) is 25.8 Å². The van der Waals surface area contributed by atoms with E-state index in [1.165, 1.54) is 4.90 Å². The maximum atomic E-state index is 12.4. The van der Waals surface area contributed by atoms with E-state index in [1.54, 1.807) is 0 Å². The van der Waals surface area contributed by atoms with Crippen LogP contribution in [0, 0.1) is 5.92 Å². The van der Waals surface area contributed by atoms with Crippen molar-refractivity contribution < 1.29 is 29.1 Å². The summed E-state index contributed by atoms with van der Waals surface area (Å²) in [6, 6.07) is -1.43. The van der Waals surface area contributed by atoms with Crippen LogP contribution in [0.3, 0.4) is 0 Å². The van der Waals surface area contributed by atoms with Crippen LogP contribution < -0.4 is 21.7 Å². The van der Waals surface area contributed by atoms with Crippen LogP contribution in [-0.4, -0.2) is 77.9 Å². The Morgan fingerprint density at radius 3 is 2.36 bits per heavy atom. The minimum Gasteiger partial charge on any atom is -0.480 e. The van der Waals surface area contributed by atoms with Gasteiger partial charge in [-0.15, -0.1) is 0 Å². The van der Waals surface area contributed by atoms with Gasteiger partial charge in [-0.3, -0.25) is 24.0 Å². The third kappa shape index (κ3) is 7.91. The van der Waals surface area contributed by atoms with E-state index in [9.17, 15) is 24.0 Å². The standard InChI is InChI=1S/C17H29N5O6/c1-10(2)6-11(18)16(27)21-8-14(24)22-5-3-4-12(22)17(28)20-7-13(23)19-9-15(25)26/h10-12H,3-9,18H2,1-2H3,(H,19,23)(H,20,28)(H,21,27)(H,25,26)/t11-,12-/m0/s1. The number of aliphatic carboxylic acids is 1. The van der Waals surface area contributed by atoms with Gasteiger partial charge in [0.25, 0.3) is 0 Å². The predicted octanol–water partition coefficient (Wildman–Crippen LogP) is -2.22. The van der Waals surface area contributed by atoms with Gasteiger partial charge in [0.1, 0.15) is 12.6 Å². The molecule has 1 aliphatic rings. The number of likely N-dealkylation sites (tertiary alicyclic amines) is 1. The fraction of sp³-hybridized carbons (Fsp3) is 0.706. The van der Waals surface area contributed by atoms with Crippen LogP contribution in [-0.2, 0) is 24.0 Å². The monoisotopic (exact) mass is 399 g/mol. The fourth-order valence-electron chi connectivity index (χ4n) is 2.87. The molecule has 6 N–H and O–H groups in total. The third-order valence-electron chi connectivity index (χ3n) is 4.21. The molecular formula is C17H29N5O6. The van der Waals surface area contributed by atoms with E-state index in [1.807, 2.05) is 13.8 Å². The summed E-state index contributed by atoms with van der Waals surface area (Å²) in [5, 5.41) is 15.5. The van der Waals surface area contributed by atoms with Gasteiger partial charge in [-0.1, -0.05) is 13.8 Å². The summed E-state index contributed by atoms with van der Waals surface area (Å²) in [5.74, 6) is -2.91. The third-order valence-corrected chi connectivity index (χ3v) is 4.21. The molecule has 0 unspecified atom stereocenters. The Kier molecular flexibility index (Phi) is 9.36. The normalized spacial score (nSPS) is 17.1. The highest BCUT2D eigenvalue weighted by Crippen LogP contribution is 2.17. The van der Waals surface area contributed by atoms with Crippen molar-refractivity contribution in [3.8, 4) is 0 Å². The number of carbonyl (C=O) groups excluding carboxylic acids is 4. The summed E-state index contributed by atoms with van der Waals surface area (Å²) in [7, 11) is 0. The Balaban J connectivity index is 2.46. The molecule has 158 valence electrons. The largest absolute Gasteiger partial charge is 0.480 e. The number of hydrogen-bond donors (Lipinski definition) is 5. The van der Waals surface area contributed by atoms with Crippen LogP contribution in [0.2, 0.25) is 0 Å². The first kappa shape index (κ1) is 23.3. The molecule has 11 heteroatoms.